The Morgan fingerprint density at radius 2 is 1.84 bits per heavy atom. The Bertz CT molecular complexity index is 978. The van der Waals surface area contributed by atoms with E-state index in [4.69, 9.17) is 23.1 Å². The van der Waals surface area contributed by atoms with Crippen LogP contribution < -0.4 is 16.8 Å². The van der Waals surface area contributed by atoms with E-state index < -0.39 is 0 Å². The summed E-state index contributed by atoms with van der Waals surface area (Å²) in [6, 6.07) is 3.53. The first kappa shape index (κ1) is 23.0. The summed E-state index contributed by atoms with van der Waals surface area (Å²) in [5, 5.41) is 21.3. The number of rotatable bonds is 5. The Balaban J connectivity index is 1.81. The highest BCUT2D eigenvalue weighted by Gasteiger charge is 2.39. The molecule has 7 N–H and O–H groups in total. The van der Waals surface area contributed by atoms with Crippen molar-refractivity contribution < 1.29 is 5.11 Å². The van der Waals surface area contributed by atoms with Crippen molar-refractivity contribution in [3.05, 3.63) is 53.1 Å². The van der Waals surface area contributed by atoms with E-state index in [1.54, 1.807) is 36.7 Å². The maximum Gasteiger partial charge on any atom is 0.125 e. The van der Waals surface area contributed by atoms with E-state index in [-0.39, 0.29) is 16.8 Å². The smallest absolute Gasteiger partial charge is 0.125 e. The summed E-state index contributed by atoms with van der Waals surface area (Å²) < 4.78 is 0. The molecule has 0 radical (unpaired) electrons. The predicted octanol–water partition coefficient (Wildman–Crippen LogP) is 3.78. The minimum Gasteiger partial charge on any atom is -0.507 e. The van der Waals surface area contributed by atoms with Gasteiger partial charge in [-0.25, -0.2) is 0 Å². The summed E-state index contributed by atoms with van der Waals surface area (Å²) in [5.74, 6) is 0.651. The van der Waals surface area contributed by atoms with E-state index in [9.17, 15) is 5.11 Å². The van der Waals surface area contributed by atoms with Gasteiger partial charge < -0.3 is 26.8 Å². The molecule has 2 heterocycles. The molecule has 3 rings (SSSR count). The molecule has 1 aliphatic rings. The number of phenols is 1. The van der Waals surface area contributed by atoms with Crippen LogP contribution in [0.25, 0.3) is 16.8 Å². The van der Waals surface area contributed by atoms with Crippen molar-refractivity contribution in [3.8, 4) is 16.9 Å². The van der Waals surface area contributed by atoms with Gasteiger partial charge in [-0.05, 0) is 64.8 Å². The van der Waals surface area contributed by atoms with Crippen molar-refractivity contribution in [2.45, 2.75) is 57.7 Å². The van der Waals surface area contributed by atoms with Crippen LogP contribution in [-0.2, 0) is 0 Å². The van der Waals surface area contributed by atoms with Gasteiger partial charge in [-0.1, -0.05) is 11.6 Å². The third kappa shape index (κ3) is 5.35. The molecule has 0 unspecified atom stereocenters. The summed E-state index contributed by atoms with van der Waals surface area (Å²) in [6.07, 6.45) is 8.78. The second kappa shape index (κ2) is 8.48. The molecule has 0 amide bonds. The predicted molar refractivity (Wildman–Crippen MR) is 127 cm³/mol. The number of benzene rings is 1. The van der Waals surface area contributed by atoms with Gasteiger partial charge in [0, 0.05) is 57.8 Å². The van der Waals surface area contributed by atoms with Crippen LogP contribution >= 0.6 is 11.6 Å². The maximum atomic E-state index is 10.5. The topological polar surface area (TPSA) is 116 Å². The number of piperidine rings is 1. The normalized spacial score (nSPS) is 19.4. The number of allylic oxidation sites excluding steroid dienone is 2. The summed E-state index contributed by atoms with van der Waals surface area (Å²) in [4.78, 5) is 2.10. The minimum atomic E-state index is 0.0229. The number of aromatic amines is 1. The van der Waals surface area contributed by atoms with Gasteiger partial charge in [0.15, 0.2) is 0 Å². The number of H-pyrrole nitrogens is 1. The Hall–Kier alpha value is -2.64. The molecule has 7 nitrogen and oxygen atoms in total. The molecule has 1 aliphatic heterocycles. The molecule has 0 atom stereocenters. The highest BCUT2D eigenvalue weighted by atomic mass is 35.5. The van der Waals surface area contributed by atoms with Crippen LogP contribution in [0.15, 0.2) is 42.5 Å². The fourth-order valence-corrected chi connectivity index (χ4v) is 4.82. The maximum absolute atomic E-state index is 10.5. The van der Waals surface area contributed by atoms with Crippen molar-refractivity contribution in [2.75, 3.05) is 7.05 Å². The highest BCUT2D eigenvalue weighted by Crippen LogP contribution is 2.35. The molecule has 0 spiro atoms. The molecule has 31 heavy (non-hydrogen) atoms. The van der Waals surface area contributed by atoms with Gasteiger partial charge >= 0.3 is 0 Å². The standard InChI is InChI=1S/C23H33ClN6O/c1-22(2)10-15(11-23(3,4)29-22)30(5)21(26)7-6-19(25)17-8-18(24)16(9-20(17)31)14-12-27-28-13-14/h6-9,12-13,15,29,31H,10-11,25-26H2,1-5H3,(H,27,28)/b19-6-,21-7+. The van der Waals surface area contributed by atoms with Crippen molar-refractivity contribution >= 4 is 17.3 Å². The molecule has 0 saturated carbocycles. The van der Waals surface area contributed by atoms with Crippen LogP contribution in [0.1, 0.15) is 46.1 Å². The Morgan fingerprint density at radius 3 is 2.42 bits per heavy atom. The zero-order chi connectivity index (χ0) is 23.0. The number of hydrogen-bond donors (Lipinski definition) is 5. The molecular formula is C23H33ClN6O. The number of aromatic hydroxyl groups is 1. The second-order valence-electron chi connectivity index (χ2n) is 9.62. The number of nitrogens with two attached hydrogens (primary N) is 2. The monoisotopic (exact) mass is 444 g/mol. The second-order valence-corrected chi connectivity index (χ2v) is 10.0. The van der Waals surface area contributed by atoms with E-state index in [0.717, 1.165) is 18.4 Å². The first-order valence-electron chi connectivity index (χ1n) is 10.4. The molecule has 1 fully saturated rings. The lowest BCUT2D eigenvalue weighted by Gasteiger charge is -2.49. The van der Waals surface area contributed by atoms with E-state index in [0.29, 0.717) is 33.7 Å². The molecular weight excluding hydrogens is 412 g/mol. The fraction of sp³-hybridized carbons (Fsp3) is 0.435. The SMILES string of the molecule is CN(/C(N)=C/C=C(\N)c1cc(Cl)c(-c2cn[nH]c2)cc1O)C1CC(C)(C)NC(C)(C)C1. The van der Waals surface area contributed by atoms with Crippen molar-refractivity contribution in [1.82, 2.24) is 20.4 Å². The van der Waals surface area contributed by atoms with Gasteiger partial charge in [-0.15, -0.1) is 0 Å². The third-order valence-electron chi connectivity index (χ3n) is 5.76. The van der Waals surface area contributed by atoms with Crippen LogP contribution in [0, 0.1) is 0 Å². The minimum absolute atomic E-state index is 0.0229. The van der Waals surface area contributed by atoms with Crippen LogP contribution in [0.3, 0.4) is 0 Å². The van der Waals surface area contributed by atoms with Crippen LogP contribution in [0.5, 0.6) is 5.75 Å². The van der Waals surface area contributed by atoms with E-state index in [2.05, 4.69) is 48.1 Å². The lowest BCUT2D eigenvalue weighted by Crippen LogP contribution is -2.61. The Labute approximate surface area is 189 Å². The highest BCUT2D eigenvalue weighted by molar-refractivity contribution is 6.33. The van der Waals surface area contributed by atoms with Gasteiger partial charge in [-0.3, -0.25) is 5.10 Å². The third-order valence-corrected chi connectivity index (χ3v) is 6.08. The summed E-state index contributed by atoms with van der Waals surface area (Å²) in [6.45, 7) is 8.86. The Morgan fingerprint density at radius 1 is 1.19 bits per heavy atom. The number of hydrogen-bond acceptors (Lipinski definition) is 6. The first-order chi connectivity index (χ1) is 14.4. The van der Waals surface area contributed by atoms with Gasteiger partial charge in [0.05, 0.1) is 12.0 Å². The van der Waals surface area contributed by atoms with E-state index in [1.165, 1.54) is 0 Å². The number of nitrogens with zero attached hydrogens (tertiary/aromatic N) is 2. The largest absolute Gasteiger partial charge is 0.507 e. The number of nitrogens with one attached hydrogen (secondary N) is 2. The van der Waals surface area contributed by atoms with Crippen molar-refractivity contribution in [3.63, 3.8) is 0 Å². The quantitative estimate of drug-likeness (QED) is 0.448. The van der Waals surface area contributed by atoms with Gasteiger partial charge in [-0.2, -0.15) is 5.10 Å². The summed E-state index contributed by atoms with van der Waals surface area (Å²) >= 11 is 6.42. The number of aromatic nitrogens is 2. The molecule has 1 aromatic heterocycles. The summed E-state index contributed by atoms with van der Waals surface area (Å²) in [7, 11) is 2.01. The fourth-order valence-electron chi connectivity index (χ4n) is 4.55. The average Bonchev–Trinajstić information content (AvgIpc) is 3.18. The van der Waals surface area contributed by atoms with Crippen LogP contribution in [0.2, 0.25) is 5.02 Å². The zero-order valence-corrected chi connectivity index (χ0v) is 19.6. The van der Waals surface area contributed by atoms with E-state index in [1.807, 2.05) is 7.05 Å². The lowest BCUT2D eigenvalue weighted by atomic mass is 9.79. The van der Waals surface area contributed by atoms with Crippen molar-refractivity contribution in [1.29, 1.82) is 0 Å². The Kier molecular flexibility index (Phi) is 6.30. The molecule has 1 aromatic carbocycles. The van der Waals surface area contributed by atoms with Crippen LogP contribution in [0.4, 0.5) is 0 Å². The van der Waals surface area contributed by atoms with Crippen molar-refractivity contribution in [2.24, 2.45) is 11.5 Å². The lowest BCUT2D eigenvalue weighted by molar-refractivity contribution is 0.0981. The molecule has 168 valence electrons. The molecule has 0 bridgehead atoms. The molecule has 1 saturated heterocycles. The van der Waals surface area contributed by atoms with Gasteiger partial charge in [0.2, 0.25) is 0 Å². The summed E-state index contributed by atoms with van der Waals surface area (Å²) in [5.41, 5.74) is 15.0. The van der Waals surface area contributed by atoms with Gasteiger partial charge in [0.25, 0.3) is 0 Å². The average molecular weight is 445 g/mol. The first-order valence-corrected chi connectivity index (χ1v) is 10.7. The van der Waals surface area contributed by atoms with Gasteiger partial charge in [0.1, 0.15) is 5.75 Å². The van der Waals surface area contributed by atoms with E-state index >= 15 is 0 Å². The molecule has 2 aromatic rings. The molecule has 8 heteroatoms. The molecule has 0 aliphatic carbocycles. The number of halogens is 1. The zero-order valence-electron chi connectivity index (χ0n) is 18.8. The number of phenolic OH excluding ortho intramolecular Hbond substituents is 1. The van der Waals surface area contributed by atoms with Crippen LogP contribution in [-0.4, -0.2) is 44.4 Å².